The molecular weight excluding hydrogens is 451 g/mol. The highest BCUT2D eigenvalue weighted by atomic mass is 32.1. The molecule has 0 bridgehead atoms. The van der Waals surface area contributed by atoms with Crippen LogP contribution in [0.15, 0.2) is 39.8 Å². The number of aromatic nitrogens is 2. The molecule has 4 heterocycles. The third-order valence-corrected chi connectivity index (χ3v) is 8.28. The number of hydrogen-bond acceptors (Lipinski definition) is 8. The molecule has 0 fully saturated rings. The standard InChI is InChI=1S/C21H17BN2O4S3/c22-12-6-5-11-15-19(31-17(11)16(12)25)23-18(13-3-1-9-29-13)24(20(15)26)7-8-28-21(27)14-4-2-10-30-14/h1-4,9-10,12H,5-8,22H2. The molecule has 6 nitrogen and oxygen atoms in total. The van der Waals surface area contributed by atoms with Crippen molar-refractivity contribution >= 4 is 63.8 Å². The number of ketones is 1. The summed E-state index contributed by atoms with van der Waals surface area (Å²) >= 11 is 4.13. The summed E-state index contributed by atoms with van der Waals surface area (Å²) in [5.41, 5.74) is 0.642. The zero-order valence-electron chi connectivity index (χ0n) is 16.6. The van der Waals surface area contributed by atoms with E-state index in [9.17, 15) is 14.4 Å². The summed E-state index contributed by atoms with van der Waals surface area (Å²) in [4.78, 5) is 45.8. The van der Waals surface area contributed by atoms with Gasteiger partial charge in [-0.3, -0.25) is 14.2 Å². The molecule has 0 radical (unpaired) electrons. The first kappa shape index (κ1) is 20.4. The fraction of sp³-hybridized carbons (Fsp3) is 0.238. The molecule has 1 atom stereocenters. The number of hydrogen-bond donors (Lipinski definition) is 0. The monoisotopic (exact) mass is 468 g/mol. The van der Waals surface area contributed by atoms with Crippen LogP contribution in [0.25, 0.3) is 20.9 Å². The average molecular weight is 468 g/mol. The van der Waals surface area contributed by atoms with Crippen molar-refractivity contribution in [3.05, 3.63) is 60.7 Å². The lowest BCUT2D eigenvalue weighted by Crippen LogP contribution is -2.26. The average Bonchev–Trinajstić information content (AvgIpc) is 3.52. The minimum absolute atomic E-state index is 0.0313. The summed E-state index contributed by atoms with van der Waals surface area (Å²) in [6.45, 7) is 0.256. The van der Waals surface area contributed by atoms with Gasteiger partial charge in [0, 0.05) is 0 Å². The van der Waals surface area contributed by atoms with Crippen LogP contribution in [0.4, 0.5) is 0 Å². The Kier molecular flexibility index (Phi) is 5.37. The van der Waals surface area contributed by atoms with Crippen molar-refractivity contribution in [1.82, 2.24) is 9.55 Å². The highest BCUT2D eigenvalue weighted by Crippen LogP contribution is 2.38. The molecule has 0 amide bonds. The zero-order valence-corrected chi connectivity index (χ0v) is 19.1. The van der Waals surface area contributed by atoms with Gasteiger partial charge in [-0.25, -0.2) is 9.78 Å². The van der Waals surface area contributed by atoms with Crippen LogP contribution >= 0.6 is 34.0 Å². The van der Waals surface area contributed by atoms with Crippen LogP contribution in [0.3, 0.4) is 0 Å². The maximum Gasteiger partial charge on any atom is 0.348 e. The Morgan fingerprint density at radius 3 is 2.77 bits per heavy atom. The number of aryl methyl sites for hydroxylation is 1. The fourth-order valence-corrected chi connectivity index (χ4v) is 6.39. The minimum Gasteiger partial charge on any atom is -0.460 e. The van der Waals surface area contributed by atoms with E-state index < -0.39 is 5.97 Å². The van der Waals surface area contributed by atoms with Gasteiger partial charge in [-0.1, -0.05) is 12.1 Å². The van der Waals surface area contributed by atoms with Gasteiger partial charge in [0.2, 0.25) is 0 Å². The van der Waals surface area contributed by atoms with Crippen LogP contribution in [0.1, 0.15) is 31.3 Å². The first-order valence-corrected chi connectivity index (χ1v) is 12.5. The topological polar surface area (TPSA) is 78.3 Å². The molecule has 0 saturated carbocycles. The van der Waals surface area contributed by atoms with E-state index in [0.717, 1.165) is 16.9 Å². The van der Waals surface area contributed by atoms with Crippen LogP contribution in [0.5, 0.6) is 0 Å². The summed E-state index contributed by atoms with van der Waals surface area (Å²) in [6.07, 6.45) is 1.44. The van der Waals surface area contributed by atoms with Gasteiger partial charge >= 0.3 is 5.97 Å². The Morgan fingerprint density at radius 1 is 1.23 bits per heavy atom. The van der Waals surface area contributed by atoms with Crippen molar-refractivity contribution in [3.8, 4) is 10.7 Å². The lowest BCUT2D eigenvalue weighted by Gasteiger charge is -2.16. The largest absolute Gasteiger partial charge is 0.460 e. The highest BCUT2D eigenvalue weighted by molar-refractivity contribution is 7.20. The van der Waals surface area contributed by atoms with E-state index in [1.807, 2.05) is 30.7 Å². The first-order valence-electron chi connectivity index (χ1n) is 9.89. The number of Topliss-reactive ketones (excluding diaryl/α,β-unsaturated/α-hetero) is 1. The Bertz CT molecular complexity index is 1340. The molecule has 10 heteroatoms. The van der Waals surface area contributed by atoms with Crippen molar-refractivity contribution in [2.24, 2.45) is 0 Å². The molecule has 0 N–H and O–H groups in total. The van der Waals surface area contributed by atoms with Gasteiger partial charge in [0.15, 0.2) is 11.6 Å². The molecule has 0 aliphatic heterocycles. The van der Waals surface area contributed by atoms with Gasteiger partial charge in [-0.2, -0.15) is 0 Å². The van der Waals surface area contributed by atoms with Gasteiger partial charge in [0.1, 0.15) is 24.2 Å². The molecule has 1 aliphatic rings. The van der Waals surface area contributed by atoms with E-state index in [1.165, 1.54) is 34.0 Å². The van der Waals surface area contributed by atoms with E-state index >= 15 is 0 Å². The number of ether oxygens (including phenoxy) is 1. The molecule has 0 saturated heterocycles. The molecule has 0 aromatic carbocycles. The molecule has 4 aromatic rings. The molecule has 4 aromatic heterocycles. The number of esters is 1. The highest BCUT2D eigenvalue weighted by Gasteiger charge is 2.30. The van der Waals surface area contributed by atoms with Crippen LogP contribution in [0.2, 0.25) is 5.82 Å². The number of carbonyl (C=O) groups is 2. The number of rotatable bonds is 5. The maximum absolute atomic E-state index is 13.6. The van der Waals surface area contributed by atoms with E-state index in [-0.39, 0.29) is 30.3 Å². The Balaban J connectivity index is 1.56. The molecule has 156 valence electrons. The second kappa shape index (κ2) is 8.18. The number of fused-ring (bicyclic) bond motifs is 3. The normalized spacial score (nSPS) is 15.9. The molecular formula is C21H17BN2O4S3. The summed E-state index contributed by atoms with van der Waals surface area (Å²) in [5.74, 6) is 0.204. The fourth-order valence-electron chi connectivity index (χ4n) is 3.79. The Labute approximate surface area is 190 Å². The second-order valence-corrected chi connectivity index (χ2v) is 10.3. The Morgan fingerprint density at radius 2 is 2.03 bits per heavy atom. The van der Waals surface area contributed by atoms with Crippen molar-refractivity contribution < 1.29 is 14.3 Å². The Hall–Kier alpha value is -2.56. The van der Waals surface area contributed by atoms with Gasteiger partial charge in [-0.15, -0.1) is 34.0 Å². The molecule has 0 spiro atoms. The van der Waals surface area contributed by atoms with Crippen molar-refractivity contribution in [2.75, 3.05) is 6.61 Å². The number of carbonyl (C=O) groups excluding carboxylic acids is 2. The molecule has 31 heavy (non-hydrogen) atoms. The van der Waals surface area contributed by atoms with Crippen molar-refractivity contribution in [2.45, 2.75) is 25.2 Å². The van der Waals surface area contributed by atoms with Gasteiger partial charge < -0.3 is 4.74 Å². The molecule has 5 rings (SSSR count). The van der Waals surface area contributed by atoms with Crippen LogP contribution in [0, 0.1) is 0 Å². The lowest BCUT2D eigenvalue weighted by molar-refractivity contribution is 0.0496. The SMILES string of the molecule is BC1CCc2c(sc3nc(-c4cccs4)n(CCOC(=O)c4cccs4)c(=O)c23)C1=O. The van der Waals surface area contributed by atoms with Crippen molar-refractivity contribution in [1.29, 1.82) is 0 Å². The predicted molar refractivity (Wildman–Crippen MR) is 127 cm³/mol. The van der Waals surface area contributed by atoms with E-state index in [1.54, 1.807) is 16.7 Å². The third-order valence-electron chi connectivity index (χ3n) is 5.42. The smallest absolute Gasteiger partial charge is 0.348 e. The quantitative estimate of drug-likeness (QED) is 0.330. The van der Waals surface area contributed by atoms with E-state index in [4.69, 9.17) is 9.72 Å². The van der Waals surface area contributed by atoms with E-state index in [2.05, 4.69) is 0 Å². The molecule has 1 unspecified atom stereocenters. The van der Waals surface area contributed by atoms with Crippen LogP contribution in [-0.2, 0) is 17.7 Å². The third kappa shape index (κ3) is 3.58. The van der Waals surface area contributed by atoms with E-state index in [0.29, 0.717) is 32.2 Å². The van der Waals surface area contributed by atoms with Crippen molar-refractivity contribution in [3.63, 3.8) is 0 Å². The number of nitrogens with zero attached hydrogens (tertiary/aromatic N) is 2. The number of thiophene rings is 3. The minimum atomic E-state index is -0.401. The summed E-state index contributed by atoms with van der Waals surface area (Å²) in [6, 6.07) is 7.31. The van der Waals surface area contributed by atoms with Crippen LogP contribution < -0.4 is 5.56 Å². The van der Waals surface area contributed by atoms with Gasteiger partial charge in [0.05, 0.1) is 21.7 Å². The zero-order chi connectivity index (χ0) is 21.5. The summed E-state index contributed by atoms with van der Waals surface area (Å²) in [7, 11) is 1.93. The predicted octanol–water partition coefficient (Wildman–Crippen LogP) is 3.66. The second-order valence-electron chi connectivity index (χ2n) is 7.38. The van der Waals surface area contributed by atoms with Crippen LogP contribution in [-0.4, -0.2) is 35.8 Å². The lowest BCUT2D eigenvalue weighted by atomic mass is 9.74. The van der Waals surface area contributed by atoms with Gasteiger partial charge in [-0.05, 0) is 47.1 Å². The first-order chi connectivity index (χ1) is 15.0. The summed E-state index contributed by atoms with van der Waals surface area (Å²) in [5, 5.41) is 4.28. The summed E-state index contributed by atoms with van der Waals surface area (Å²) < 4.78 is 6.97. The maximum atomic E-state index is 13.6. The molecule has 1 aliphatic carbocycles. The van der Waals surface area contributed by atoms with Gasteiger partial charge in [0.25, 0.3) is 5.56 Å².